The van der Waals surface area contributed by atoms with Crippen molar-refractivity contribution in [3.05, 3.63) is 16.3 Å². The molecule has 1 aliphatic heterocycles. The van der Waals surface area contributed by atoms with Crippen molar-refractivity contribution >= 4 is 33.2 Å². The minimum Gasteiger partial charge on any atom is -0.477 e. The first-order valence-electron chi connectivity index (χ1n) is 5.80. The Balaban J connectivity index is 2.43. The van der Waals surface area contributed by atoms with Crippen molar-refractivity contribution in [2.45, 2.75) is 24.3 Å². The zero-order valence-electron chi connectivity index (χ0n) is 10.9. The predicted octanol–water partition coefficient (Wildman–Crippen LogP) is 0.345. The Labute approximate surface area is 120 Å². The molecule has 0 atom stereocenters. The van der Waals surface area contributed by atoms with E-state index in [0.29, 0.717) is 0 Å². The number of rotatable bonds is 3. The van der Waals surface area contributed by atoms with Gasteiger partial charge in [0.15, 0.2) is 0 Å². The maximum atomic E-state index is 12.5. The van der Waals surface area contributed by atoms with Crippen molar-refractivity contribution in [2.24, 2.45) is 0 Å². The Morgan fingerprint density at radius 3 is 2.70 bits per heavy atom. The van der Waals surface area contributed by atoms with Crippen LogP contribution in [0.25, 0.3) is 0 Å². The van der Waals surface area contributed by atoms with E-state index in [1.165, 1.54) is 19.2 Å². The van der Waals surface area contributed by atoms with Crippen molar-refractivity contribution in [3.8, 4) is 0 Å². The molecule has 2 rings (SSSR count). The molecule has 0 aliphatic carbocycles. The van der Waals surface area contributed by atoms with E-state index < -0.39 is 21.5 Å². The number of piperazine rings is 1. The summed E-state index contributed by atoms with van der Waals surface area (Å²) in [5.74, 6) is -1.55. The smallest absolute Gasteiger partial charge is 0.345 e. The third-order valence-corrected chi connectivity index (χ3v) is 6.27. The topological polar surface area (TPSA) is 104 Å². The third-order valence-electron chi connectivity index (χ3n) is 3.15. The first kappa shape index (κ1) is 14.9. The molecule has 1 amide bonds. The van der Waals surface area contributed by atoms with Crippen LogP contribution in [-0.4, -0.2) is 48.3 Å². The van der Waals surface area contributed by atoms with Crippen LogP contribution < -0.4 is 5.32 Å². The summed E-state index contributed by atoms with van der Waals surface area (Å²) >= 11 is 0.844. The number of thiophene rings is 1. The lowest BCUT2D eigenvalue weighted by Crippen LogP contribution is -2.63. The Morgan fingerprint density at radius 2 is 2.15 bits per heavy atom. The summed E-state index contributed by atoms with van der Waals surface area (Å²) in [7, 11) is -3.90. The van der Waals surface area contributed by atoms with Crippen LogP contribution in [0, 0.1) is 0 Å². The van der Waals surface area contributed by atoms with Crippen molar-refractivity contribution in [1.29, 1.82) is 0 Å². The molecule has 0 aromatic carbocycles. The standard InChI is InChI=1S/C11H14N2O5S2/c1-11(2)10(16)12-3-4-13(11)20(17,18)7-5-8(9(14)15)19-6-7/h5-6H,3-4H2,1-2H3,(H,12,16)(H,14,15). The molecule has 1 aliphatic rings. The van der Waals surface area contributed by atoms with E-state index in [-0.39, 0.29) is 28.8 Å². The van der Waals surface area contributed by atoms with E-state index in [4.69, 9.17) is 5.11 Å². The van der Waals surface area contributed by atoms with Gasteiger partial charge in [0.2, 0.25) is 15.9 Å². The molecular formula is C11H14N2O5S2. The highest BCUT2D eigenvalue weighted by atomic mass is 32.2. The van der Waals surface area contributed by atoms with E-state index in [9.17, 15) is 18.0 Å². The van der Waals surface area contributed by atoms with Gasteiger partial charge in [-0.15, -0.1) is 11.3 Å². The lowest BCUT2D eigenvalue weighted by Gasteiger charge is -2.39. The number of carboxylic acids is 1. The summed E-state index contributed by atoms with van der Waals surface area (Å²) < 4.78 is 26.2. The molecule has 0 spiro atoms. The molecule has 0 saturated carbocycles. The molecular weight excluding hydrogens is 304 g/mol. The number of hydrogen-bond donors (Lipinski definition) is 2. The average molecular weight is 318 g/mol. The maximum absolute atomic E-state index is 12.5. The fraction of sp³-hybridized carbons (Fsp3) is 0.455. The van der Waals surface area contributed by atoms with Crippen molar-refractivity contribution < 1.29 is 23.1 Å². The SMILES string of the molecule is CC1(C)C(=O)NCCN1S(=O)(=O)c1csc(C(=O)O)c1. The van der Waals surface area contributed by atoms with Gasteiger partial charge in [0.1, 0.15) is 10.4 Å². The van der Waals surface area contributed by atoms with Crippen LogP contribution in [0.15, 0.2) is 16.3 Å². The molecule has 0 unspecified atom stereocenters. The molecule has 1 fully saturated rings. The minimum atomic E-state index is -3.90. The van der Waals surface area contributed by atoms with Crippen LogP contribution in [0.1, 0.15) is 23.5 Å². The fourth-order valence-electron chi connectivity index (χ4n) is 1.99. The van der Waals surface area contributed by atoms with E-state index in [1.54, 1.807) is 0 Å². The van der Waals surface area contributed by atoms with Gasteiger partial charge in [-0.25, -0.2) is 13.2 Å². The Bertz CT molecular complexity index is 662. The number of carboxylic acid groups (broad SMARTS) is 1. The Morgan fingerprint density at radius 1 is 1.50 bits per heavy atom. The van der Waals surface area contributed by atoms with Gasteiger partial charge in [0, 0.05) is 18.5 Å². The van der Waals surface area contributed by atoms with Gasteiger partial charge in [0.25, 0.3) is 0 Å². The molecule has 110 valence electrons. The summed E-state index contributed by atoms with van der Waals surface area (Å²) in [5, 5.41) is 12.7. The second-order valence-electron chi connectivity index (χ2n) is 4.84. The number of sulfonamides is 1. The van der Waals surface area contributed by atoms with Gasteiger partial charge in [-0.2, -0.15) is 4.31 Å². The molecule has 2 heterocycles. The van der Waals surface area contributed by atoms with Crippen LogP contribution in [0.2, 0.25) is 0 Å². The molecule has 1 aromatic heterocycles. The van der Waals surface area contributed by atoms with E-state index >= 15 is 0 Å². The number of amides is 1. The highest BCUT2D eigenvalue weighted by Crippen LogP contribution is 2.29. The molecule has 0 bridgehead atoms. The summed E-state index contributed by atoms with van der Waals surface area (Å²) in [6.07, 6.45) is 0. The second kappa shape index (κ2) is 4.83. The highest BCUT2D eigenvalue weighted by Gasteiger charge is 2.45. The molecule has 1 aromatic rings. The number of carbonyl (C=O) groups excluding carboxylic acids is 1. The van der Waals surface area contributed by atoms with Gasteiger partial charge in [-0.1, -0.05) is 0 Å². The van der Waals surface area contributed by atoms with Crippen LogP contribution >= 0.6 is 11.3 Å². The summed E-state index contributed by atoms with van der Waals surface area (Å²) in [6, 6.07) is 1.12. The number of nitrogens with zero attached hydrogens (tertiary/aromatic N) is 1. The fourth-order valence-corrected chi connectivity index (χ4v) is 4.84. The molecule has 9 heteroatoms. The molecule has 2 N–H and O–H groups in total. The summed E-state index contributed by atoms with van der Waals surface area (Å²) in [6.45, 7) is 3.42. The van der Waals surface area contributed by atoms with Gasteiger partial charge in [-0.3, -0.25) is 4.79 Å². The van der Waals surface area contributed by atoms with Crippen LogP contribution in [0.3, 0.4) is 0 Å². The molecule has 1 saturated heterocycles. The first-order chi connectivity index (χ1) is 9.17. The average Bonchev–Trinajstić information content (AvgIpc) is 2.82. The molecule has 0 radical (unpaired) electrons. The zero-order chi connectivity index (χ0) is 15.1. The monoisotopic (exact) mass is 318 g/mol. The van der Waals surface area contributed by atoms with Crippen LogP contribution in [0.5, 0.6) is 0 Å². The van der Waals surface area contributed by atoms with E-state index in [0.717, 1.165) is 21.7 Å². The van der Waals surface area contributed by atoms with Crippen LogP contribution in [-0.2, 0) is 14.8 Å². The number of nitrogens with one attached hydrogen (secondary N) is 1. The lowest BCUT2D eigenvalue weighted by atomic mass is 10.0. The predicted molar refractivity (Wildman–Crippen MR) is 72.3 cm³/mol. The normalized spacial score (nSPS) is 19.6. The second-order valence-corrected chi connectivity index (χ2v) is 7.62. The van der Waals surface area contributed by atoms with Crippen molar-refractivity contribution in [1.82, 2.24) is 9.62 Å². The third kappa shape index (κ3) is 2.32. The largest absolute Gasteiger partial charge is 0.477 e. The number of hydrogen-bond acceptors (Lipinski definition) is 5. The Hall–Kier alpha value is -1.45. The maximum Gasteiger partial charge on any atom is 0.345 e. The van der Waals surface area contributed by atoms with Crippen LogP contribution in [0.4, 0.5) is 0 Å². The van der Waals surface area contributed by atoms with E-state index in [1.807, 2.05) is 0 Å². The number of aromatic carboxylic acids is 1. The Kier molecular flexibility index (Phi) is 3.61. The summed E-state index contributed by atoms with van der Waals surface area (Å²) in [5.41, 5.74) is -1.21. The molecule has 7 nitrogen and oxygen atoms in total. The highest BCUT2D eigenvalue weighted by molar-refractivity contribution is 7.89. The minimum absolute atomic E-state index is 0.0529. The zero-order valence-corrected chi connectivity index (χ0v) is 12.5. The molecule has 20 heavy (non-hydrogen) atoms. The van der Waals surface area contributed by atoms with Gasteiger partial charge < -0.3 is 10.4 Å². The van der Waals surface area contributed by atoms with Gasteiger partial charge >= 0.3 is 5.97 Å². The van der Waals surface area contributed by atoms with E-state index in [2.05, 4.69) is 5.32 Å². The first-order valence-corrected chi connectivity index (χ1v) is 8.12. The summed E-state index contributed by atoms with van der Waals surface area (Å²) in [4.78, 5) is 22.5. The van der Waals surface area contributed by atoms with Crippen molar-refractivity contribution in [3.63, 3.8) is 0 Å². The number of carbonyl (C=O) groups is 2. The quantitative estimate of drug-likeness (QED) is 0.836. The lowest BCUT2D eigenvalue weighted by molar-refractivity contribution is -0.131. The van der Waals surface area contributed by atoms with Gasteiger partial charge in [-0.05, 0) is 19.9 Å². The van der Waals surface area contributed by atoms with Crippen molar-refractivity contribution in [2.75, 3.05) is 13.1 Å². The van der Waals surface area contributed by atoms with Gasteiger partial charge in [0.05, 0.1) is 4.90 Å².